The van der Waals surface area contributed by atoms with Gasteiger partial charge in [0.15, 0.2) is 0 Å². The summed E-state index contributed by atoms with van der Waals surface area (Å²) in [6.07, 6.45) is 2.20. The molecule has 0 aromatic carbocycles. The lowest BCUT2D eigenvalue weighted by Crippen LogP contribution is -2.51. The normalized spacial score (nSPS) is 11.2. The van der Waals surface area contributed by atoms with Crippen molar-refractivity contribution in [1.82, 2.24) is 15.5 Å². The Kier molecular flexibility index (Phi) is 11.6. The number of imide groups is 1. The number of halogens is 1. The van der Waals surface area contributed by atoms with Crippen LogP contribution in [0.4, 0.5) is 4.79 Å². The Morgan fingerprint density at radius 1 is 1.40 bits per heavy atom. The summed E-state index contributed by atoms with van der Waals surface area (Å²) in [6, 6.07) is -1.31. The lowest BCUT2D eigenvalue weighted by atomic mass is 10.2. The topological polar surface area (TPSA) is 98.7 Å². The highest BCUT2D eigenvalue weighted by atomic mass is 35.5. The van der Waals surface area contributed by atoms with Gasteiger partial charge in [0.25, 0.3) is 0 Å². The summed E-state index contributed by atoms with van der Waals surface area (Å²) in [5.74, 6) is -1.54. The van der Waals surface area contributed by atoms with Gasteiger partial charge in [0.1, 0.15) is 0 Å². The molecule has 1 atom stereocenters. The van der Waals surface area contributed by atoms with Crippen LogP contribution in [0.5, 0.6) is 0 Å². The molecule has 7 nitrogen and oxygen atoms in total. The molecule has 0 bridgehead atoms. The Balaban J connectivity index is 0. The van der Waals surface area contributed by atoms with Crippen molar-refractivity contribution in [2.45, 2.75) is 26.3 Å². The average molecular weight is 308 g/mol. The summed E-state index contributed by atoms with van der Waals surface area (Å²) in [5, 5.41) is 13.3. The summed E-state index contributed by atoms with van der Waals surface area (Å²) >= 11 is 0. The molecule has 8 heteroatoms. The molecule has 0 aliphatic heterocycles. The fourth-order valence-electron chi connectivity index (χ4n) is 1.46. The van der Waals surface area contributed by atoms with Crippen molar-refractivity contribution in [3.8, 4) is 0 Å². The molecule has 0 saturated heterocycles. The zero-order valence-electron chi connectivity index (χ0n) is 11.7. The van der Waals surface area contributed by atoms with Gasteiger partial charge in [0.2, 0.25) is 5.91 Å². The van der Waals surface area contributed by atoms with E-state index < -0.39 is 23.9 Å². The second-order valence-corrected chi connectivity index (χ2v) is 4.03. The zero-order chi connectivity index (χ0) is 14.8. The van der Waals surface area contributed by atoms with E-state index in [-0.39, 0.29) is 25.5 Å². The van der Waals surface area contributed by atoms with Crippen LogP contribution in [0.3, 0.4) is 0 Å². The smallest absolute Gasteiger partial charge is 0.321 e. The first kappa shape index (κ1) is 20.7. The van der Waals surface area contributed by atoms with Gasteiger partial charge in [-0.2, -0.15) is 0 Å². The summed E-state index contributed by atoms with van der Waals surface area (Å²) < 4.78 is 0. The summed E-state index contributed by atoms with van der Waals surface area (Å²) in [5.41, 5.74) is 0. The Morgan fingerprint density at radius 2 is 2.00 bits per heavy atom. The van der Waals surface area contributed by atoms with Gasteiger partial charge in [0.05, 0.1) is 12.6 Å². The highest BCUT2D eigenvalue weighted by Gasteiger charge is 2.23. The van der Waals surface area contributed by atoms with Gasteiger partial charge < -0.3 is 10.4 Å². The van der Waals surface area contributed by atoms with Crippen LogP contribution in [0.15, 0.2) is 12.7 Å². The van der Waals surface area contributed by atoms with Crippen LogP contribution in [0.1, 0.15) is 20.3 Å². The third-order valence-corrected chi connectivity index (χ3v) is 2.42. The molecule has 0 heterocycles. The van der Waals surface area contributed by atoms with Crippen LogP contribution in [-0.2, 0) is 9.59 Å². The van der Waals surface area contributed by atoms with Gasteiger partial charge in [-0.1, -0.05) is 13.0 Å². The molecule has 3 N–H and O–H groups in total. The summed E-state index contributed by atoms with van der Waals surface area (Å²) in [7, 11) is 0. The predicted octanol–water partition coefficient (Wildman–Crippen LogP) is 0.605. The minimum atomic E-state index is -1.01. The number of rotatable bonds is 8. The maximum Gasteiger partial charge on any atom is 0.321 e. The van der Waals surface area contributed by atoms with E-state index in [4.69, 9.17) is 5.11 Å². The van der Waals surface area contributed by atoms with Crippen molar-refractivity contribution in [1.29, 1.82) is 0 Å². The quantitative estimate of drug-likeness (QED) is 0.571. The lowest BCUT2D eigenvalue weighted by molar-refractivity contribution is -0.139. The van der Waals surface area contributed by atoms with Crippen LogP contribution < -0.4 is 10.6 Å². The molecule has 3 amide bonds. The number of carbonyl (C=O) groups is 3. The molecular formula is C12H22ClN3O4. The Bertz CT molecular complexity index is 350. The number of carboxylic acid groups (broad SMARTS) is 1. The first-order valence-electron chi connectivity index (χ1n) is 6.07. The van der Waals surface area contributed by atoms with Crippen LogP contribution >= 0.6 is 12.4 Å². The van der Waals surface area contributed by atoms with Gasteiger partial charge in [-0.15, -0.1) is 19.0 Å². The highest BCUT2D eigenvalue weighted by Crippen LogP contribution is 2.00. The molecular weight excluding hydrogens is 286 g/mol. The number of hydrogen-bond acceptors (Lipinski definition) is 4. The highest BCUT2D eigenvalue weighted by molar-refractivity contribution is 5.97. The third kappa shape index (κ3) is 8.49. The Hall–Kier alpha value is -1.60. The maximum absolute atomic E-state index is 11.8. The van der Waals surface area contributed by atoms with E-state index in [1.165, 1.54) is 11.0 Å². The summed E-state index contributed by atoms with van der Waals surface area (Å²) in [6.45, 7) is 7.36. The van der Waals surface area contributed by atoms with Gasteiger partial charge in [-0.3, -0.25) is 19.8 Å². The van der Waals surface area contributed by atoms with Gasteiger partial charge >= 0.3 is 12.0 Å². The lowest BCUT2D eigenvalue weighted by Gasteiger charge is -2.25. The number of carbonyl (C=O) groups excluding carboxylic acids is 2. The molecule has 1 unspecified atom stereocenters. The first-order chi connectivity index (χ1) is 8.92. The number of hydrogen-bond donors (Lipinski definition) is 3. The molecule has 0 fully saturated rings. The monoisotopic (exact) mass is 307 g/mol. The second kappa shape index (κ2) is 11.2. The van der Waals surface area contributed by atoms with Crippen molar-refractivity contribution in [3.05, 3.63) is 12.7 Å². The van der Waals surface area contributed by atoms with Crippen molar-refractivity contribution in [3.63, 3.8) is 0 Å². The van der Waals surface area contributed by atoms with E-state index in [9.17, 15) is 14.4 Å². The van der Waals surface area contributed by atoms with Crippen molar-refractivity contribution >= 4 is 30.3 Å². The van der Waals surface area contributed by atoms with Crippen molar-refractivity contribution in [2.75, 3.05) is 19.6 Å². The number of carboxylic acids is 1. The molecule has 0 spiro atoms. The van der Waals surface area contributed by atoms with Crippen molar-refractivity contribution < 1.29 is 19.5 Å². The fourth-order valence-corrected chi connectivity index (χ4v) is 1.46. The zero-order valence-corrected chi connectivity index (χ0v) is 12.5. The van der Waals surface area contributed by atoms with E-state index in [1.54, 1.807) is 6.92 Å². The number of nitrogens with one attached hydrogen (secondary N) is 2. The van der Waals surface area contributed by atoms with E-state index in [0.717, 1.165) is 0 Å². The largest absolute Gasteiger partial charge is 0.480 e. The molecule has 0 radical (unpaired) electrons. The van der Waals surface area contributed by atoms with Gasteiger partial charge in [0, 0.05) is 6.54 Å². The fraction of sp³-hybridized carbons (Fsp3) is 0.583. The van der Waals surface area contributed by atoms with Crippen molar-refractivity contribution in [2.24, 2.45) is 0 Å². The molecule has 0 rings (SSSR count). The molecule has 20 heavy (non-hydrogen) atoms. The average Bonchev–Trinajstić information content (AvgIpc) is 2.34. The third-order valence-electron chi connectivity index (χ3n) is 2.42. The van der Waals surface area contributed by atoms with Crippen LogP contribution in [0.2, 0.25) is 0 Å². The Labute approximate surface area is 124 Å². The molecule has 0 aromatic heterocycles. The SMILES string of the molecule is C=CCNC(=O)NC(=O)C(C)N(CCC)CC(=O)O.Cl. The minimum Gasteiger partial charge on any atom is -0.480 e. The number of urea groups is 1. The van der Waals surface area contributed by atoms with Crippen LogP contribution in [-0.4, -0.2) is 53.6 Å². The van der Waals surface area contributed by atoms with Crippen LogP contribution in [0, 0.1) is 0 Å². The molecule has 0 aromatic rings. The van der Waals surface area contributed by atoms with E-state index in [2.05, 4.69) is 17.2 Å². The number of amides is 3. The Morgan fingerprint density at radius 3 is 2.45 bits per heavy atom. The van der Waals surface area contributed by atoms with E-state index in [1.807, 2.05) is 6.92 Å². The first-order valence-corrected chi connectivity index (χ1v) is 6.07. The van der Waals surface area contributed by atoms with Crippen LogP contribution in [0.25, 0.3) is 0 Å². The maximum atomic E-state index is 11.8. The molecule has 116 valence electrons. The molecule has 0 saturated carbocycles. The molecule has 0 aliphatic rings. The second-order valence-electron chi connectivity index (χ2n) is 4.03. The van der Waals surface area contributed by atoms with E-state index >= 15 is 0 Å². The van der Waals surface area contributed by atoms with Gasteiger partial charge in [-0.05, 0) is 19.9 Å². The predicted molar refractivity (Wildman–Crippen MR) is 77.9 cm³/mol. The molecule has 0 aliphatic carbocycles. The number of nitrogens with zero attached hydrogens (tertiary/aromatic N) is 1. The summed E-state index contributed by atoms with van der Waals surface area (Å²) in [4.78, 5) is 35.3. The number of aliphatic carboxylic acids is 1. The standard InChI is InChI=1S/C12H21N3O4.ClH/c1-4-6-13-12(19)14-11(18)9(3)15(7-5-2)8-10(16)17;/h4,9H,1,5-8H2,2-3H3,(H,16,17)(H2,13,14,18,19);1H. The van der Waals surface area contributed by atoms with Gasteiger partial charge in [-0.25, -0.2) is 4.79 Å². The van der Waals surface area contributed by atoms with E-state index in [0.29, 0.717) is 13.0 Å². The minimum absolute atomic E-state index is 0.